The summed E-state index contributed by atoms with van der Waals surface area (Å²) in [5, 5.41) is 23.2. The van der Waals surface area contributed by atoms with E-state index in [9.17, 15) is 28.7 Å². The Morgan fingerprint density at radius 3 is 2.32 bits per heavy atom. The normalized spacial score (nSPS) is 22.7. The van der Waals surface area contributed by atoms with Gasteiger partial charge >= 0.3 is 0 Å². The Hall–Kier alpha value is -5.74. The van der Waals surface area contributed by atoms with E-state index in [1.165, 1.54) is 16.7 Å². The second-order valence-electron chi connectivity index (χ2n) is 16.1. The molecule has 1 atom stereocenters. The lowest BCUT2D eigenvalue weighted by Crippen LogP contribution is -2.58. The molecule has 2 aromatic heterocycles. The third-order valence-corrected chi connectivity index (χ3v) is 12.3. The number of piperidine rings is 3. The average molecular weight is 810 g/mol. The zero-order valence-electron chi connectivity index (χ0n) is 32.7. The maximum absolute atomic E-state index is 15.2. The van der Waals surface area contributed by atoms with Crippen LogP contribution in [0.2, 0.25) is 0 Å². The highest BCUT2D eigenvalue weighted by Crippen LogP contribution is 2.32. The molecule has 5 N–H and O–H groups in total. The summed E-state index contributed by atoms with van der Waals surface area (Å²) in [6.07, 6.45) is 8.57. The van der Waals surface area contributed by atoms with Crippen LogP contribution in [0.4, 0.5) is 26.1 Å². The summed E-state index contributed by atoms with van der Waals surface area (Å²) in [5.41, 5.74) is 0.586. The molecule has 14 nitrogen and oxygen atoms in total. The van der Waals surface area contributed by atoms with E-state index in [1.807, 2.05) is 4.90 Å². The number of imide groups is 1. The highest BCUT2D eigenvalue weighted by Gasteiger charge is 2.42. The molecule has 4 fully saturated rings. The Morgan fingerprint density at radius 1 is 0.831 bits per heavy atom. The van der Waals surface area contributed by atoms with Crippen molar-refractivity contribution in [3.05, 3.63) is 95.0 Å². The molecule has 0 unspecified atom stereocenters. The molecule has 0 bridgehead atoms. The number of aliphatic hydroxyl groups is 1. The first-order chi connectivity index (χ1) is 28.5. The summed E-state index contributed by atoms with van der Waals surface area (Å²) in [4.78, 5) is 62.4. The topological polar surface area (TPSA) is 174 Å². The van der Waals surface area contributed by atoms with Crippen molar-refractivity contribution in [3.8, 4) is 16.9 Å². The van der Waals surface area contributed by atoms with Gasteiger partial charge in [0.1, 0.15) is 23.2 Å². The van der Waals surface area contributed by atoms with Gasteiger partial charge in [-0.2, -0.15) is 0 Å². The van der Waals surface area contributed by atoms with Gasteiger partial charge in [-0.25, -0.2) is 18.7 Å². The first-order valence-corrected chi connectivity index (χ1v) is 20.5. The van der Waals surface area contributed by atoms with E-state index in [-0.39, 0.29) is 53.4 Å². The molecule has 3 amide bonds. The van der Waals surface area contributed by atoms with Crippen molar-refractivity contribution in [2.75, 3.05) is 41.7 Å². The number of amides is 3. The van der Waals surface area contributed by atoms with Crippen molar-refractivity contribution >= 4 is 35.0 Å². The van der Waals surface area contributed by atoms with E-state index in [1.54, 1.807) is 54.7 Å². The molecule has 0 radical (unpaired) electrons. The molecular formula is C43H49F2N9O5. The quantitative estimate of drug-likeness (QED) is 0.146. The third-order valence-electron chi connectivity index (χ3n) is 12.3. The molecule has 4 aliphatic rings. The van der Waals surface area contributed by atoms with E-state index >= 15 is 4.39 Å². The van der Waals surface area contributed by atoms with Crippen LogP contribution in [0.25, 0.3) is 16.9 Å². The van der Waals surface area contributed by atoms with Gasteiger partial charge in [0, 0.05) is 79.9 Å². The Labute approximate surface area is 340 Å². The predicted octanol–water partition coefficient (Wildman–Crippen LogP) is 4.13. The van der Waals surface area contributed by atoms with Gasteiger partial charge in [0.2, 0.25) is 17.8 Å². The summed E-state index contributed by atoms with van der Waals surface area (Å²) in [6.45, 7) is 2.52. The van der Waals surface area contributed by atoms with Gasteiger partial charge in [-0.3, -0.25) is 29.1 Å². The summed E-state index contributed by atoms with van der Waals surface area (Å²) in [7, 11) is 0. The smallest absolute Gasteiger partial charge is 0.255 e. The van der Waals surface area contributed by atoms with Gasteiger partial charge < -0.3 is 30.9 Å². The van der Waals surface area contributed by atoms with Crippen LogP contribution in [0.1, 0.15) is 64.2 Å². The minimum atomic E-state index is -1.44. The van der Waals surface area contributed by atoms with Crippen LogP contribution >= 0.6 is 0 Å². The number of nitrogens with one attached hydrogen (secondary N) is 4. The Morgan fingerprint density at radius 2 is 1.59 bits per heavy atom. The van der Waals surface area contributed by atoms with Crippen molar-refractivity contribution in [2.45, 2.75) is 94.0 Å². The molecule has 5 heterocycles. The molecular weight excluding hydrogens is 761 g/mol. The van der Waals surface area contributed by atoms with Crippen molar-refractivity contribution in [3.63, 3.8) is 0 Å². The molecule has 3 saturated heterocycles. The van der Waals surface area contributed by atoms with Gasteiger partial charge in [-0.15, -0.1) is 0 Å². The predicted molar refractivity (Wildman–Crippen MR) is 218 cm³/mol. The fourth-order valence-electron chi connectivity index (χ4n) is 8.81. The second-order valence-corrected chi connectivity index (χ2v) is 16.1. The fraction of sp³-hybridized carbons (Fsp3) is 0.442. The number of halogens is 2. The molecule has 1 aliphatic carbocycles. The summed E-state index contributed by atoms with van der Waals surface area (Å²) in [6, 6.07) is 16.3. The number of aromatic nitrogens is 3. The lowest BCUT2D eigenvalue weighted by Gasteiger charge is -2.44. The van der Waals surface area contributed by atoms with Gasteiger partial charge in [-0.05, 0) is 94.2 Å². The van der Waals surface area contributed by atoms with Crippen LogP contribution < -0.4 is 31.7 Å². The average Bonchev–Trinajstić information content (AvgIpc) is 3.24. The number of anilines is 3. The maximum Gasteiger partial charge on any atom is 0.255 e. The van der Waals surface area contributed by atoms with Gasteiger partial charge in [-0.1, -0.05) is 18.2 Å². The van der Waals surface area contributed by atoms with E-state index in [0.717, 1.165) is 31.9 Å². The molecule has 310 valence electrons. The number of pyridine rings is 1. The molecule has 16 heteroatoms. The SMILES string of the molecule is O=C1CC[C@@H](Nc2ccc(N3CCC(N4CCC(O)(C(=O)N[C@H]5CC[C@H](Nc6ncc(F)c(-c7cccc(-n8ccccc8=O)c7)n6)CC5)CC4)CC3)c(F)c2)C(=O)N1. The number of hydrogen-bond acceptors (Lipinski definition) is 11. The van der Waals surface area contributed by atoms with Gasteiger partial charge in [0.25, 0.3) is 11.5 Å². The third kappa shape index (κ3) is 9.13. The van der Waals surface area contributed by atoms with Crippen molar-refractivity contribution < 1.29 is 28.3 Å². The first-order valence-electron chi connectivity index (χ1n) is 20.5. The van der Waals surface area contributed by atoms with Crippen LogP contribution in [0.5, 0.6) is 0 Å². The molecule has 8 rings (SSSR count). The lowest BCUT2D eigenvalue weighted by atomic mass is 9.86. The van der Waals surface area contributed by atoms with E-state index in [0.29, 0.717) is 86.9 Å². The number of benzene rings is 2. The number of carbonyl (C=O) groups excluding carboxylic acids is 3. The van der Waals surface area contributed by atoms with Crippen molar-refractivity contribution in [2.24, 2.45) is 0 Å². The number of likely N-dealkylation sites (tertiary alicyclic amines) is 1. The van der Waals surface area contributed by atoms with Crippen LogP contribution in [0.15, 0.2) is 77.9 Å². The van der Waals surface area contributed by atoms with E-state index in [4.69, 9.17) is 0 Å². The minimum absolute atomic E-state index is 0.0197. The number of hydrogen-bond donors (Lipinski definition) is 5. The number of nitrogens with zero attached hydrogens (tertiary/aromatic N) is 5. The lowest BCUT2D eigenvalue weighted by molar-refractivity contribution is -0.146. The van der Waals surface area contributed by atoms with Crippen LogP contribution in [0.3, 0.4) is 0 Å². The first kappa shape index (κ1) is 40.1. The Kier molecular flexibility index (Phi) is 11.7. The zero-order chi connectivity index (χ0) is 41.1. The van der Waals surface area contributed by atoms with Gasteiger partial charge in [0.05, 0.1) is 11.9 Å². The van der Waals surface area contributed by atoms with Crippen molar-refractivity contribution in [1.82, 2.24) is 30.1 Å². The largest absolute Gasteiger partial charge is 0.380 e. The highest BCUT2D eigenvalue weighted by molar-refractivity contribution is 6.01. The zero-order valence-corrected chi connectivity index (χ0v) is 32.7. The van der Waals surface area contributed by atoms with Crippen LogP contribution in [0, 0.1) is 11.6 Å². The molecule has 4 aromatic rings. The van der Waals surface area contributed by atoms with Gasteiger partial charge in [0.15, 0.2) is 5.82 Å². The van der Waals surface area contributed by atoms with Crippen LogP contribution in [-0.2, 0) is 14.4 Å². The number of carbonyl (C=O) groups is 3. The van der Waals surface area contributed by atoms with E-state index < -0.39 is 23.4 Å². The Balaban J connectivity index is 0.776. The molecule has 3 aliphatic heterocycles. The van der Waals surface area contributed by atoms with Crippen molar-refractivity contribution in [1.29, 1.82) is 0 Å². The highest BCUT2D eigenvalue weighted by atomic mass is 19.1. The molecule has 59 heavy (non-hydrogen) atoms. The monoisotopic (exact) mass is 809 g/mol. The summed E-state index contributed by atoms with van der Waals surface area (Å²) >= 11 is 0. The van der Waals surface area contributed by atoms with Crippen LogP contribution in [-0.4, -0.2) is 98.2 Å². The fourth-order valence-corrected chi connectivity index (χ4v) is 8.81. The molecule has 0 spiro atoms. The standard InChI is InChI=1S/C43H49F2N9O5/c44-33-25-30(47-35-12-14-37(55)50-40(35)57)11-13-36(33)53-20-15-31(16-21-53)52-22-17-43(59,18-23-52)41(58)48-28-7-9-29(10-8-28)49-42-46-26-34(45)39(51-42)27-4-3-5-32(24-27)54-19-2-1-6-38(54)56/h1-6,11,13,19,24-26,28-29,31,35,47,59H,7-10,12,14-18,20-23H2,(H,48,58)(H,46,49,51)(H,50,55,57)/t28-,29-,35-/m1/s1. The number of rotatable bonds is 10. The summed E-state index contributed by atoms with van der Waals surface area (Å²) < 4.78 is 31.7. The second kappa shape index (κ2) is 17.2. The molecule has 2 aromatic carbocycles. The minimum Gasteiger partial charge on any atom is -0.380 e. The maximum atomic E-state index is 15.2. The Bertz CT molecular complexity index is 2250. The van der Waals surface area contributed by atoms with E-state index in [2.05, 4.69) is 36.1 Å². The summed E-state index contributed by atoms with van der Waals surface area (Å²) in [5.74, 6) is -1.69. The molecule has 1 saturated carbocycles.